The molecular weight excluding hydrogens is 328 g/mol. The van der Waals surface area contributed by atoms with E-state index in [-0.39, 0.29) is 5.95 Å². The lowest BCUT2D eigenvalue weighted by atomic mass is 9.97. The van der Waals surface area contributed by atoms with Crippen molar-refractivity contribution < 1.29 is 9.47 Å². The van der Waals surface area contributed by atoms with Crippen LogP contribution < -0.4 is 20.9 Å². The standard InChI is InChI=1S/C17H19ClN4O2/c1-17(2)7-12(18)11-5-9(6-13(23-3)14(11)24-17)4-10-8-21-16(20)22-15(10)19/h5-8H,4H2,1-3H3,(H4,19,20,21,22). The second-order valence-electron chi connectivity index (χ2n) is 6.19. The topological polar surface area (TPSA) is 96.3 Å². The second kappa shape index (κ2) is 5.87. The van der Waals surface area contributed by atoms with Gasteiger partial charge < -0.3 is 20.9 Å². The summed E-state index contributed by atoms with van der Waals surface area (Å²) in [5, 5.41) is 0.628. The first-order valence-electron chi connectivity index (χ1n) is 7.44. The Labute approximate surface area is 145 Å². The Hall–Kier alpha value is -2.47. The zero-order valence-corrected chi connectivity index (χ0v) is 14.5. The molecule has 1 aliphatic rings. The molecule has 0 radical (unpaired) electrons. The lowest BCUT2D eigenvalue weighted by Gasteiger charge is -2.30. The number of aromatic nitrogens is 2. The minimum Gasteiger partial charge on any atom is -0.493 e. The summed E-state index contributed by atoms with van der Waals surface area (Å²) in [7, 11) is 1.60. The number of nitrogens with zero attached hydrogens (tertiary/aromatic N) is 2. The number of halogens is 1. The smallest absolute Gasteiger partial charge is 0.221 e. The van der Waals surface area contributed by atoms with Crippen molar-refractivity contribution in [1.29, 1.82) is 0 Å². The van der Waals surface area contributed by atoms with Crippen molar-refractivity contribution in [3.8, 4) is 11.5 Å². The fourth-order valence-electron chi connectivity index (χ4n) is 2.66. The molecule has 0 fully saturated rings. The van der Waals surface area contributed by atoms with Crippen LogP contribution in [-0.2, 0) is 6.42 Å². The Kier molecular flexibility index (Phi) is 4.01. The lowest BCUT2D eigenvalue weighted by Crippen LogP contribution is -2.28. The fraction of sp³-hybridized carbons (Fsp3) is 0.294. The molecule has 0 atom stereocenters. The van der Waals surface area contributed by atoms with E-state index in [1.165, 1.54) is 0 Å². The molecule has 0 amide bonds. The molecule has 4 N–H and O–H groups in total. The second-order valence-corrected chi connectivity index (χ2v) is 6.60. The van der Waals surface area contributed by atoms with Crippen molar-refractivity contribution in [3.63, 3.8) is 0 Å². The van der Waals surface area contributed by atoms with Crippen LogP contribution in [-0.4, -0.2) is 22.7 Å². The fourth-order valence-corrected chi connectivity index (χ4v) is 3.06. The Bertz CT molecular complexity index is 834. The third-order valence-electron chi connectivity index (χ3n) is 3.74. The maximum absolute atomic E-state index is 6.45. The van der Waals surface area contributed by atoms with Gasteiger partial charge in [0.2, 0.25) is 5.95 Å². The summed E-state index contributed by atoms with van der Waals surface area (Å²) in [6.07, 6.45) is 4.03. The average molecular weight is 347 g/mol. The van der Waals surface area contributed by atoms with E-state index in [9.17, 15) is 0 Å². The highest BCUT2D eigenvalue weighted by atomic mass is 35.5. The van der Waals surface area contributed by atoms with Gasteiger partial charge in [-0.3, -0.25) is 0 Å². The molecular formula is C17H19ClN4O2. The summed E-state index contributed by atoms with van der Waals surface area (Å²) in [5.41, 5.74) is 13.5. The summed E-state index contributed by atoms with van der Waals surface area (Å²) in [6, 6.07) is 3.86. The largest absolute Gasteiger partial charge is 0.493 e. The van der Waals surface area contributed by atoms with Crippen LogP contribution in [0.1, 0.15) is 30.5 Å². The highest BCUT2D eigenvalue weighted by Crippen LogP contribution is 2.44. The first kappa shape index (κ1) is 16.4. The summed E-state index contributed by atoms with van der Waals surface area (Å²) in [4.78, 5) is 7.98. The van der Waals surface area contributed by atoms with E-state index < -0.39 is 5.60 Å². The number of nitrogen functional groups attached to an aromatic ring is 2. The molecule has 24 heavy (non-hydrogen) atoms. The summed E-state index contributed by atoms with van der Waals surface area (Å²) < 4.78 is 11.5. The van der Waals surface area contributed by atoms with Gasteiger partial charge in [0.25, 0.3) is 0 Å². The number of methoxy groups -OCH3 is 1. The summed E-state index contributed by atoms with van der Waals surface area (Å²) in [6.45, 7) is 3.89. The van der Waals surface area contributed by atoms with Gasteiger partial charge >= 0.3 is 0 Å². The number of nitrogens with two attached hydrogens (primary N) is 2. The third-order valence-corrected chi connectivity index (χ3v) is 4.06. The minimum atomic E-state index is -0.492. The Balaban J connectivity index is 2.04. The molecule has 0 saturated carbocycles. The van der Waals surface area contributed by atoms with E-state index in [4.69, 9.17) is 32.5 Å². The van der Waals surface area contributed by atoms with Crippen molar-refractivity contribution in [1.82, 2.24) is 9.97 Å². The van der Waals surface area contributed by atoms with Crippen molar-refractivity contribution in [3.05, 3.63) is 41.1 Å². The maximum Gasteiger partial charge on any atom is 0.221 e. The number of rotatable bonds is 3. The first-order chi connectivity index (χ1) is 11.3. The molecule has 0 saturated heterocycles. The van der Waals surface area contributed by atoms with Crippen molar-refractivity contribution in [2.75, 3.05) is 18.6 Å². The van der Waals surface area contributed by atoms with Crippen LogP contribution in [0, 0.1) is 0 Å². The average Bonchev–Trinajstić information content (AvgIpc) is 2.49. The number of hydrogen-bond acceptors (Lipinski definition) is 6. The van der Waals surface area contributed by atoms with E-state index in [2.05, 4.69) is 9.97 Å². The van der Waals surface area contributed by atoms with Gasteiger partial charge in [-0.05, 0) is 37.6 Å². The molecule has 0 unspecified atom stereocenters. The number of anilines is 2. The zero-order valence-electron chi connectivity index (χ0n) is 13.8. The van der Waals surface area contributed by atoms with E-state index in [1.54, 1.807) is 13.3 Å². The molecule has 126 valence electrons. The van der Waals surface area contributed by atoms with Crippen LogP contribution in [0.3, 0.4) is 0 Å². The first-order valence-corrected chi connectivity index (χ1v) is 7.82. The van der Waals surface area contributed by atoms with Crippen LogP contribution in [0.25, 0.3) is 5.03 Å². The maximum atomic E-state index is 6.45. The predicted octanol–water partition coefficient (Wildman–Crippen LogP) is 2.99. The van der Waals surface area contributed by atoms with Crippen LogP contribution >= 0.6 is 11.6 Å². The Morgan fingerprint density at radius 3 is 2.71 bits per heavy atom. The van der Waals surface area contributed by atoms with Gasteiger partial charge in [0.15, 0.2) is 11.5 Å². The SMILES string of the molecule is COc1cc(Cc2cnc(N)nc2N)cc2c1OC(C)(C)C=C2Cl. The molecule has 2 aromatic rings. The van der Waals surface area contributed by atoms with Gasteiger partial charge in [-0.2, -0.15) is 4.98 Å². The van der Waals surface area contributed by atoms with Gasteiger partial charge in [0.05, 0.1) is 12.1 Å². The van der Waals surface area contributed by atoms with Gasteiger partial charge in [0.1, 0.15) is 11.4 Å². The van der Waals surface area contributed by atoms with Crippen molar-refractivity contribution in [2.45, 2.75) is 25.9 Å². The molecule has 2 heterocycles. The molecule has 0 spiro atoms. The van der Waals surface area contributed by atoms with Gasteiger partial charge in [-0.25, -0.2) is 4.98 Å². The highest BCUT2D eigenvalue weighted by molar-refractivity contribution is 6.49. The zero-order chi connectivity index (χ0) is 17.5. The van der Waals surface area contributed by atoms with E-state index >= 15 is 0 Å². The van der Waals surface area contributed by atoms with Gasteiger partial charge in [-0.1, -0.05) is 11.6 Å². The predicted molar refractivity (Wildman–Crippen MR) is 95.2 cm³/mol. The molecule has 1 aromatic heterocycles. The monoisotopic (exact) mass is 346 g/mol. The molecule has 6 nitrogen and oxygen atoms in total. The minimum absolute atomic E-state index is 0.154. The number of hydrogen-bond donors (Lipinski definition) is 2. The molecule has 3 rings (SSSR count). The number of ether oxygens (including phenoxy) is 2. The van der Waals surface area contributed by atoms with Crippen molar-refractivity contribution >= 4 is 28.4 Å². The molecule has 1 aromatic carbocycles. The van der Waals surface area contributed by atoms with E-state index in [0.29, 0.717) is 28.8 Å². The van der Waals surface area contributed by atoms with Crippen LogP contribution in [0.15, 0.2) is 24.4 Å². The van der Waals surface area contributed by atoms with Crippen molar-refractivity contribution in [2.24, 2.45) is 0 Å². The van der Waals surface area contributed by atoms with Gasteiger partial charge in [-0.15, -0.1) is 0 Å². The molecule has 0 bridgehead atoms. The lowest BCUT2D eigenvalue weighted by molar-refractivity contribution is 0.152. The number of fused-ring (bicyclic) bond motifs is 1. The molecule has 1 aliphatic heterocycles. The Morgan fingerprint density at radius 1 is 1.29 bits per heavy atom. The van der Waals surface area contributed by atoms with Crippen LogP contribution in [0.5, 0.6) is 11.5 Å². The van der Waals surface area contributed by atoms with Crippen LogP contribution in [0.4, 0.5) is 11.8 Å². The normalized spacial score (nSPS) is 15.2. The third kappa shape index (κ3) is 3.10. The molecule has 7 heteroatoms. The molecule has 0 aliphatic carbocycles. The van der Waals surface area contributed by atoms with E-state index in [1.807, 2.05) is 32.1 Å². The van der Waals surface area contributed by atoms with E-state index in [0.717, 1.165) is 16.7 Å². The van der Waals surface area contributed by atoms with Crippen LogP contribution in [0.2, 0.25) is 0 Å². The Morgan fingerprint density at radius 2 is 2.04 bits per heavy atom. The quantitative estimate of drug-likeness (QED) is 0.886. The van der Waals surface area contributed by atoms with Gasteiger partial charge in [0, 0.05) is 23.7 Å². The summed E-state index contributed by atoms with van der Waals surface area (Å²) in [5.74, 6) is 1.77. The summed E-state index contributed by atoms with van der Waals surface area (Å²) >= 11 is 6.45. The highest BCUT2D eigenvalue weighted by Gasteiger charge is 2.29. The number of benzene rings is 1.